The molecule has 7 heteroatoms. The highest BCUT2D eigenvalue weighted by atomic mass is 35.5. The van der Waals surface area contributed by atoms with Gasteiger partial charge in [-0.25, -0.2) is 4.98 Å². The van der Waals surface area contributed by atoms with Crippen molar-refractivity contribution >= 4 is 28.8 Å². The fourth-order valence-corrected chi connectivity index (χ4v) is 3.76. The van der Waals surface area contributed by atoms with Gasteiger partial charge in [-0.3, -0.25) is 4.79 Å². The molecular formula is C23H25ClN2O3S. The van der Waals surface area contributed by atoms with Crippen LogP contribution in [0.4, 0.5) is 0 Å². The molecule has 0 fully saturated rings. The minimum absolute atomic E-state index is 0.0237. The zero-order valence-corrected chi connectivity index (χ0v) is 18.9. The molecule has 158 valence electrons. The molecule has 5 nitrogen and oxygen atoms in total. The van der Waals surface area contributed by atoms with Crippen molar-refractivity contribution in [2.75, 3.05) is 13.7 Å². The quantitative estimate of drug-likeness (QED) is 0.426. The van der Waals surface area contributed by atoms with Crippen LogP contribution in [0, 0.1) is 5.92 Å². The number of thiazole rings is 1. The fourth-order valence-electron chi connectivity index (χ4n) is 2.94. The number of benzene rings is 2. The van der Waals surface area contributed by atoms with E-state index in [-0.39, 0.29) is 5.91 Å². The van der Waals surface area contributed by atoms with Crippen molar-refractivity contribution in [2.45, 2.75) is 27.0 Å². The first-order valence-corrected chi connectivity index (χ1v) is 11.0. The third-order valence-electron chi connectivity index (χ3n) is 4.34. The van der Waals surface area contributed by atoms with Crippen molar-refractivity contribution < 1.29 is 14.3 Å². The van der Waals surface area contributed by atoms with Gasteiger partial charge in [0.15, 0.2) is 0 Å². The van der Waals surface area contributed by atoms with Gasteiger partial charge in [0, 0.05) is 22.5 Å². The van der Waals surface area contributed by atoms with E-state index in [9.17, 15) is 4.79 Å². The predicted molar refractivity (Wildman–Crippen MR) is 120 cm³/mol. The fraction of sp³-hybridized carbons (Fsp3) is 0.304. The number of rotatable bonds is 9. The summed E-state index contributed by atoms with van der Waals surface area (Å²) in [5.74, 6) is 1.86. The number of carbonyl (C=O) groups excluding carboxylic acids is 1. The van der Waals surface area contributed by atoms with Gasteiger partial charge in [-0.15, -0.1) is 11.3 Å². The third-order valence-corrected chi connectivity index (χ3v) is 5.46. The molecular weight excluding hydrogens is 420 g/mol. The molecule has 0 N–H and O–H groups in total. The molecule has 0 saturated carbocycles. The standard InChI is InChI=1S/C23H25ClN2O3S/c1-16(2)12-26(23(27)17-4-6-18(24)7-5-17)13-19-15-30-22(25-19)14-29-21-10-8-20(28-3)9-11-21/h4-11,15-16H,12-14H2,1-3H3. The highest BCUT2D eigenvalue weighted by Gasteiger charge is 2.19. The van der Waals surface area contributed by atoms with Gasteiger partial charge in [-0.2, -0.15) is 0 Å². The Balaban J connectivity index is 1.64. The maximum absolute atomic E-state index is 13.0. The number of hydrogen-bond donors (Lipinski definition) is 0. The number of amides is 1. The highest BCUT2D eigenvalue weighted by Crippen LogP contribution is 2.20. The van der Waals surface area contributed by atoms with E-state index in [4.69, 9.17) is 21.1 Å². The van der Waals surface area contributed by atoms with Crippen LogP contribution in [-0.4, -0.2) is 29.4 Å². The van der Waals surface area contributed by atoms with Crippen molar-refractivity contribution in [1.82, 2.24) is 9.88 Å². The molecule has 3 rings (SSSR count). The summed E-state index contributed by atoms with van der Waals surface area (Å²) in [6, 6.07) is 14.4. The molecule has 1 heterocycles. The summed E-state index contributed by atoms with van der Waals surface area (Å²) in [6.45, 7) is 5.68. The molecule has 0 aliphatic rings. The summed E-state index contributed by atoms with van der Waals surface area (Å²) in [4.78, 5) is 19.5. The van der Waals surface area contributed by atoms with Gasteiger partial charge in [0.25, 0.3) is 5.91 Å². The molecule has 0 unspecified atom stereocenters. The van der Waals surface area contributed by atoms with Gasteiger partial charge < -0.3 is 14.4 Å². The minimum atomic E-state index is -0.0237. The summed E-state index contributed by atoms with van der Waals surface area (Å²) in [5.41, 5.74) is 1.48. The zero-order valence-electron chi connectivity index (χ0n) is 17.3. The van der Waals surface area contributed by atoms with E-state index in [2.05, 4.69) is 18.8 Å². The highest BCUT2D eigenvalue weighted by molar-refractivity contribution is 7.09. The Hall–Kier alpha value is -2.57. The van der Waals surface area contributed by atoms with Crippen LogP contribution in [0.1, 0.15) is 34.9 Å². The van der Waals surface area contributed by atoms with Crippen LogP contribution in [0.25, 0.3) is 0 Å². The lowest BCUT2D eigenvalue weighted by Crippen LogP contribution is -2.33. The van der Waals surface area contributed by atoms with Gasteiger partial charge >= 0.3 is 0 Å². The third kappa shape index (κ3) is 6.21. The second-order valence-electron chi connectivity index (χ2n) is 7.28. The maximum atomic E-state index is 13.0. The Morgan fingerprint density at radius 1 is 1.10 bits per heavy atom. The number of aromatic nitrogens is 1. The van der Waals surface area contributed by atoms with Gasteiger partial charge in [0.1, 0.15) is 23.1 Å². The molecule has 0 aliphatic heterocycles. The normalized spacial score (nSPS) is 10.8. The number of hydrogen-bond acceptors (Lipinski definition) is 5. The summed E-state index contributed by atoms with van der Waals surface area (Å²) < 4.78 is 11.0. The van der Waals surface area contributed by atoms with Crippen LogP contribution in [0.3, 0.4) is 0 Å². The van der Waals surface area contributed by atoms with Crippen LogP contribution in [0.2, 0.25) is 5.02 Å². The van der Waals surface area contributed by atoms with E-state index in [1.165, 1.54) is 11.3 Å². The largest absolute Gasteiger partial charge is 0.497 e. The molecule has 0 radical (unpaired) electrons. The predicted octanol–water partition coefficient (Wildman–Crippen LogP) is 5.68. The molecule has 1 aromatic heterocycles. The number of ether oxygens (including phenoxy) is 2. The van der Waals surface area contributed by atoms with Crippen molar-refractivity contribution in [2.24, 2.45) is 5.92 Å². The number of nitrogens with zero attached hydrogens (tertiary/aromatic N) is 2. The Morgan fingerprint density at radius 3 is 2.40 bits per heavy atom. The minimum Gasteiger partial charge on any atom is -0.497 e. The summed E-state index contributed by atoms with van der Waals surface area (Å²) >= 11 is 7.48. The molecule has 0 bridgehead atoms. The summed E-state index contributed by atoms with van der Waals surface area (Å²) in [7, 11) is 1.63. The van der Waals surface area contributed by atoms with Crippen molar-refractivity contribution in [3.63, 3.8) is 0 Å². The first-order chi connectivity index (χ1) is 14.4. The second-order valence-corrected chi connectivity index (χ2v) is 8.66. The average molecular weight is 445 g/mol. The summed E-state index contributed by atoms with van der Waals surface area (Å²) in [6.07, 6.45) is 0. The lowest BCUT2D eigenvalue weighted by molar-refractivity contribution is 0.0720. The number of carbonyl (C=O) groups is 1. The van der Waals surface area contributed by atoms with Crippen LogP contribution < -0.4 is 9.47 Å². The molecule has 0 aliphatic carbocycles. The van der Waals surface area contributed by atoms with E-state index >= 15 is 0 Å². The van der Waals surface area contributed by atoms with Crippen LogP contribution >= 0.6 is 22.9 Å². The van der Waals surface area contributed by atoms with Gasteiger partial charge in [0.05, 0.1) is 19.3 Å². The average Bonchev–Trinajstić information content (AvgIpc) is 3.19. The van der Waals surface area contributed by atoms with E-state index in [1.807, 2.05) is 34.5 Å². The maximum Gasteiger partial charge on any atom is 0.254 e. The molecule has 3 aromatic rings. The first-order valence-electron chi connectivity index (χ1n) is 9.69. The molecule has 0 saturated heterocycles. The van der Waals surface area contributed by atoms with Crippen molar-refractivity contribution in [3.8, 4) is 11.5 Å². The van der Waals surface area contributed by atoms with Gasteiger partial charge in [0.2, 0.25) is 0 Å². The number of methoxy groups -OCH3 is 1. The van der Waals surface area contributed by atoms with Crippen LogP contribution in [0.15, 0.2) is 53.9 Å². The number of halogens is 1. The smallest absolute Gasteiger partial charge is 0.254 e. The summed E-state index contributed by atoms with van der Waals surface area (Å²) in [5, 5.41) is 3.46. The molecule has 0 atom stereocenters. The second kappa shape index (κ2) is 10.5. The SMILES string of the molecule is COc1ccc(OCc2nc(CN(CC(C)C)C(=O)c3ccc(Cl)cc3)cs2)cc1. The van der Waals surface area contributed by atoms with E-state index in [0.29, 0.717) is 36.2 Å². The van der Waals surface area contributed by atoms with E-state index < -0.39 is 0 Å². The lowest BCUT2D eigenvalue weighted by atomic mass is 10.1. The zero-order chi connectivity index (χ0) is 21.5. The molecule has 30 heavy (non-hydrogen) atoms. The molecule has 0 spiro atoms. The Kier molecular flexibility index (Phi) is 7.71. The topological polar surface area (TPSA) is 51.7 Å². The monoisotopic (exact) mass is 444 g/mol. The first kappa shape index (κ1) is 22.1. The van der Waals surface area contributed by atoms with Crippen LogP contribution in [-0.2, 0) is 13.2 Å². The Labute approximate surface area is 186 Å². The van der Waals surface area contributed by atoms with Crippen molar-refractivity contribution in [3.05, 3.63) is 75.2 Å². The lowest BCUT2D eigenvalue weighted by Gasteiger charge is -2.24. The van der Waals surface area contributed by atoms with Gasteiger partial charge in [-0.05, 0) is 54.4 Å². The Morgan fingerprint density at radius 2 is 1.77 bits per heavy atom. The molecule has 1 amide bonds. The van der Waals surface area contributed by atoms with Crippen molar-refractivity contribution in [1.29, 1.82) is 0 Å². The van der Waals surface area contributed by atoms with Gasteiger partial charge in [-0.1, -0.05) is 25.4 Å². The Bertz CT molecular complexity index is 955. The van der Waals surface area contributed by atoms with E-state index in [1.54, 1.807) is 31.4 Å². The van der Waals surface area contributed by atoms with E-state index in [0.717, 1.165) is 22.2 Å². The van der Waals surface area contributed by atoms with Crippen LogP contribution in [0.5, 0.6) is 11.5 Å². The molecule has 2 aromatic carbocycles.